The van der Waals surface area contributed by atoms with Gasteiger partial charge in [-0.3, -0.25) is 9.88 Å². The van der Waals surface area contributed by atoms with E-state index < -0.39 is 12.7 Å². The highest BCUT2D eigenvalue weighted by molar-refractivity contribution is 7.71. The quantitative estimate of drug-likeness (QED) is 0.593. The van der Waals surface area contributed by atoms with Crippen molar-refractivity contribution >= 4 is 12.2 Å². The summed E-state index contributed by atoms with van der Waals surface area (Å²) in [4.78, 5) is 5.23. The third-order valence-electron chi connectivity index (χ3n) is 3.97. The number of nitrogens with zero attached hydrogens (tertiary/aromatic N) is 5. The lowest BCUT2D eigenvalue weighted by molar-refractivity contribution is -0.151. The number of halogens is 3. The summed E-state index contributed by atoms with van der Waals surface area (Å²) in [6.07, 6.45) is -1.06. The van der Waals surface area contributed by atoms with Gasteiger partial charge in [0.1, 0.15) is 0 Å². The van der Waals surface area contributed by atoms with Gasteiger partial charge in [0, 0.05) is 31.5 Å². The third-order valence-corrected chi connectivity index (χ3v) is 4.45. The molecule has 2 heterocycles. The summed E-state index contributed by atoms with van der Waals surface area (Å²) in [5, 5.41) is 4.43. The molecule has 3 rings (SSSR count). The topological polar surface area (TPSA) is 38.9 Å². The number of alkyl halides is 3. The molecule has 0 bridgehead atoms. The molecule has 0 fully saturated rings. The Balaban J connectivity index is 1.88. The van der Waals surface area contributed by atoms with Crippen LogP contribution in [-0.4, -0.2) is 37.0 Å². The van der Waals surface area contributed by atoms with E-state index in [1.54, 1.807) is 60.4 Å². The summed E-state index contributed by atoms with van der Waals surface area (Å²) >= 11 is 5.38. The zero-order valence-electron chi connectivity index (χ0n) is 14.6. The second-order valence-electron chi connectivity index (χ2n) is 6.13. The summed E-state index contributed by atoms with van der Waals surface area (Å²) in [7, 11) is 1.74. The lowest BCUT2D eigenvalue weighted by Crippen LogP contribution is -2.35. The normalized spacial score (nSPS) is 11.9. The van der Waals surface area contributed by atoms with Gasteiger partial charge in [0.2, 0.25) is 0 Å². The van der Waals surface area contributed by atoms with Gasteiger partial charge in [-0.05, 0) is 29.9 Å². The van der Waals surface area contributed by atoms with Crippen molar-refractivity contribution in [2.75, 3.05) is 6.54 Å². The van der Waals surface area contributed by atoms with Crippen molar-refractivity contribution in [1.82, 2.24) is 24.2 Å². The van der Waals surface area contributed by atoms with Gasteiger partial charge in [0.05, 0.1) is 13.2 Å². The maximum atomic E-state index is 13.1. The molecule has 0 radical (unpaired) electrons. The Kier molecular flexibility index (Phi) is 5.71. The highest BCUT2D eigenvalue weighted by Crippen LogP contribution is 2.20. The molecular formula is C18H18F3N5S. The summed E-state index contributed by atoms with van der Waals surface area (Å²) in [6.45, 7) is -0.972. The number of hydrogen-bond acceptors (Lipinski definition) is 4. The zero-order valence-corrected chi connectivity index (χ0v) is 15.4. The van der Waals surface area contributed by atoms with Gasteiger partial charge in [0.15, 0.2) is 10.6 Å². The fourth-order valence-electron chi connectivity index (χ4n) is 2.77. The van der Waals surface area contributed by atoms with Gasteiger partial charge in [-0.1, -0.05) is 30.3 Å². The van der Waals surface area contributed by atoms with Crippen molar-refractivity contribution in [1.29, 1.82) is 0 Å². The van der Waals surface area contributed by atoms with Crippen LogP contribution in [-0.2, 0) is 20.3 Å². The number of hydrogen-bond donors (Lipinski definition) is 0. The molecule has 142 valence electrons. The molecule has 2 aromatic heterocycles. The smallest absolute Gasteiger partial charge is 0.303 e. The van der Waals surface area contributed by atoms with Crippen molar-refractivity contribution in [2.45, 2.75) is 19.4 Å². The van der Waals surface area contributed by atoms with Crippen molar-refractivity contribution in [2.24, 2.45) is 7.05 Å². The van der Waals surface area contributed by atoms with E-state index >= 15 is 0 Å². The standard InChI is InChI=1S/C18H18F3N5S/c1-24-16(15-7-9-22-10-8-15)23-26(17(24)27)13-25(12-18(19,20)21)11-14-5-3-2-4-6-14/h2-10H,11-13H2,1H3. The molecule has 0 aliphatic heterocycles. The predicted octanol–water partition coefficient (Wildman–Crippen LogP) is 4.04. The molecule has 9 heteroatoms. The number of benzene rings is 1. The summed E-state index contributed by atoms with van der Waals surface area (Å²) in [5.74, 6) is 0.578. The zero-order chi connectivity index (χ0) is 19.4. The minimum absolute atomic E-state index is 0.0633. The van der Waals surface area contributed by atoms with Gasteiger partial charge in [0.25, 0.3) is 0 Å². The second kappa shape index (κ2) is 8.01. The first kappa shape index (κ1) is 19.2. The lowest BCUT2D eigenvalue weighted by Gasteiger charge is -2.23. The van der Waals surface area contributed by atoms with Crippen molar-refractivity contribution in [3.63, 3.8) is 0 Å². The van der Waals surface area contributed by atoms with E-state index in [0.29, 0.717) is 10.6 Å². The molecule has 5 nitrogen and oxygen atoms in total. The van der Waals surface area contributed by atoms with Gasteiger partial charge >= 0.3 is 6.18 Å². The van der Waals surface area contributed by atoms with Crippen molar-refractivity contribution in [3.05, 3.63) is 65.2 Å². The predicted molar refractivity (Wildman–Crippen MR) is 98.2 cm³/mol. The Morgan fingerprint density at radius 3 is 2.37 bits per heavy atom. The van der Waals surface area contributed by atoms with Gasteiger partial charge in [-0.15, -0.1) is 0 Å². The van der Waals surface area contributed by atoms with Crippen LogP contribution in [0.5, 0.6) is 0 Å². The molecule has 0 unspecified atom stereocenters. The van der Waals surface area contributed by atoms with Crippen LogP contribution in [0.2, 0.25) is 0 Å². The van der Waals surface area contributed by atoms with Crippen LogP contribution in [0.3, 0.4) is 0 Å². The average molecular weight is 393 g/mol. The van der Waals surface area contributed by atoms with Crippen molar-refractivity contribution in [3.8, 4) is 11.4 Å². The van der Waals surface area contributed by atoms with Crippen LogP contribution < -0.4 is 0 Å². The fourth-order valence-corrected chi connectivity index (χ4v) is 2.96. The monoisotopic (exact) mass is 393 g/mol. The molecule has 3 aromatic rings. The number of aromatic nitrogens is 4. The molecule has 0 aliphatic rings. The van der Waals surface area contributed by atoms with E-state index in [9.17, 15) is 13.2 Å². The third kappa shape index (κ3) is 5.01. The molecule has 0 saturated carbocycles. The minimum atomic E-state index is -4.32. The summed E-state index contributed by atoms with van der Waals surface area (Å²) in [5.41, 5.74) is 1.58. The van der Waals surface area contributed by atoms with E-state index in [1.165, 1.54) is 9.58 Å². The average Bonchev–Trinajstić information content (AvgIpc) is 2.90. The molecule has 0 spiro atoms. The van der Waals surface area contributed by atoms with E-state index in [0.717, 1.165) is 11.1 Å². The van der Waals surface area contributed by atoms with E-state index in [4.69, 9.17) is 12.2 Å². The Morgan fingerprint density at radius 1 is 1.07 bits per heavy atom. The van der Waals surface area contributed by atoms with E-state index in [1.807, 2.05) is 6.07 Å². The van der Waals surface area contributed by atoms with Crippen LogP contribution in [0, 0.1) is 4.77 Å². The molecule has 1 aromatic carbocycles. The maximum absolute atomic E-state index is 13.1. The molecular weight excluding hydrogens is 375 g/mol. The van der Waals surface area contributed by atoms with Gasteiger partial charge in [-0.25, -0.2) is 4.68 Å². The Morgan fingerprint density at radius 2 is 1.74 bits per heavy atom. The van der Waals surface area contributed by atoms with Gasteiger partial charge < -0.3 is 4.57 Å². The van der Waals surface area contributed by atoms with Crippen molar-refractivity contribution < 1.29 is 13.2 Å². The van der Waals surface area contributed by atoms with Gasteiger partial charge in [-0.2, -0.15) is 18.3 Å². The molecule has 0 saturated heterocycles. The fraction of sp³-hybridized carbons (Fsp3) is 0.278. The lowest BCUT2D eigenvalue weighted by atomic mass is 10.2. The largest absolute Gasteiger partial charge is 0.401 e. The highest BCUT2D eigenvalue weighted by Gasteiger charge is 2.31. The number of pyridine rings is 1. The molecule has 0 aliphatic carbocycles. The first-order valence-electron chi connectivity index (χ1n) is 8.21. The Bertz CT molecular complexity index is 935. The summed E-state index contributed by atoms with van der Waals surface area (Å²) < 4.78 is 42.6. The summed E-state index contributed by atoms with van der Waals surface area (Å²) in [6, 6.07) is 12.6. The Labute approximate surface area is 159 Å². The van der Waals surface area contributed by atoms with E-state index in [-0.39, 0.29) is 13.2 Å². The second-order valence-corrected chi connectivity index (χ2v) is 6.50. The molecule has 27 heavy (non-hydrogen) atoms. The Hall–Kier alpha value is -2.52. The molecule has 0 N–H and O–H groups in total. The molecule has 0 atom stereocenters. The number of rotatable bonds is 6. The first-order valence-corrected chi connectivity index (χ1v) is 8.61. The van der Waals surface area contributed by atoms with Crippen LogP contribution in [0.4, 0.5) is 13.2 Å². The maximum Gasteiger partial charge on any atom is 0.401 e. The van der Waals surface area contributed by atoms with Crippen LogP contribution in [0.15, 0.2) is 54.9 Å². The molecule has 0 amide bonds. The minimum Gasteiger partial charge on any atom is -0.303 e. The van der Waals surface area contributed by atoms with Crippen LogP contribution >= 0.6 is 12.2 Å². The van der Waals surface area contributed by atoms with Crippen LogP contribution in [0.25, 0.3) is 11.4 Å². The van der Waals surface area contributed by atoms with E-state index in [2.05, 4.69) is 10.1 Å². The SMILES string of the molecule is Cn1c(-c2ccncc2)nn(CN(Cc2ccccc2)CC(F)(F)F)c1=S. The highest BCUT2D eigenvalue weighted by atomic mass is 32.1. The van der Waals surface area contributed by atoms with Crippen LogP contribution in [0.1, 0.15) is 5.56 Å². The first-order chi connectivity index (χ1) is 12.8.